The van der Waals surface area contributed by atoms with E-state index in [0.717, 1.165) is 56.6 Å². The van der Waals surface area contributed by atoms with E-state index in [1.165, 1.54) is 0 Å². The van der Waals surface area contributed by atoms with Crippen LogP contribution in [0.15, 0.2) is 121 Å². The number of ether oxygens (including phenoxy) is 2. The standard InChI is InChI=1S/C30H24N2O2/c31-25-9-1-21(2-10-25)23-5-13-27(14-6-23)33-29-17-19-30(20-18-29)34-28-15-7-24(8-16-28)22-3-11-26(32)12-4-22/h1-20H,31-32H2. The molecule has 0 atom stereocenters. The Morgan fingerprint density at radius 2 is 0.500 bits per heavy atom. The minimum Gasteiger partial charge on any atom is -0.457 e. The summed E-state index contributed by atoms with van der Waals surface area (Å²) in [5.41, 5.74) is 17.5. The fourth-order valence-electron chi connectivity index (χ4n) is 3.63. The SMILES string of the molecule is Nc1ccc(-c2ccc(Oc3ccc(Oc4ccc(-c5ccc(N)cc5)cc4)cc3)cc2)cc1. The summed E-state index contributed by atoms with van der Waals surface area (Å²) in [5.74, 6) is 3.02. The molecule has 0 amide bonds. The maximum atomic E-state index is 5.98. The first-order valence-electron chi connectivity index (χ1n) is 11.0. The van der Waals surface area contributed by atoms with Crippen molar-refractivity contribution in [1.29, 1.82) is 0 Å². The average molecular weight is 445 g/mol. The van der Waals surface area contributed by atoms with Gasteiger partial charge in [-0.2, -0.15) is 0 Å². The van der Waals surface area contributed by atoms with E-state index in [1.54, 1.807) is 0 Å². The molecule has 5 aromatic rings. The van der Waals surface area contributed by atoms with Gasteiger partial charge in [0.05, 0.1) is 0 Å². The molecule has 0 unspecified atom stereocenters. The van der Waals surface area contributed by atoms with Gasteiger partial charge in [0.1, 0.15) is 23.0 Å². The number of hydrogen-bond acceptors (Lipinski definition) is 4. The average Bonchev–Trinajstić information content (AvgIpc) is 2.87. The molecule has 0 aliphatic heterocycles. The Morgan fingerprint density at radius 1 is 0.294 bits per heavy atom. The summed E-state index contributed by atoms with van der Waals surface area (Å²) in [6, 6.07) is 39.2. The van der Waals surface area contributed by atoms with E-state index in [4.69, 9.17) is 20.9 Å². The molecule has 0 fully saturated rings. The van der Waals surface area contributed by atoms with E-state index in [2.05, 4.69) is 0 Å². The van der Waals surface area contributed by atoms with Gasteiger partial charge < -0.3 is 20.9 Å². The third-order valence-corrected chi connectivity index (χ3v) is 5.49. The molecule has 5 aromatic carbocycles. The molecule has 0 aromatic heterocycles. The van der Waals surface area contributed by atoms with Gasteiger partial charge >= 0.3 is 0 Å². The van der Waals surface area contributed by atoms with Crippen molar-refractivity contribution < 1.29 is 9.47 Å². The Labute approximate surface area is 199 Å². The lowest BCUT2D eigenvalue weighted by Crippen LogP contribution is -1.87. The summed E-state index contributed by atoms with van der Waals surface area (Å²) in [4.78, 5) is 0. The van der Waals surface area contributed by atoms with Crippen LogP contribution in [0.4, 0.5) is 11.4 Å². The maximum absolute atomic E-state index is 5.98. The fraction of sp³-hybridized carbons (Fsp3) is 0. The number of anilines is 2. The van der Waals surface area contributed by atoms with Crippen LogP contribution in [0, 0.1) is 0 Å². The van der Waals surface area contributed by atoms with Crippen LogP contribution >= 0.6 is 0 Å². The van der Waals surface area contributed by atoms with Gasteiger partial charge in [-0.25, -0.2) is 0 Å². The van der Waals surface area contributed by atoms with Gasteiger partial charge in [-0.1, -0.05) is 48.5 Å². The Balaban J connectivity index is 1.21. The van der Waals surface area contributed by atoms with E-state index in [1.807, 2.05) is 121 Å². The molecule has 4 N–H and O–H groups in total. The Bertz CT molecular complexity index is 1250. The van der Waals surface area contributed by atoms with Crippen LogP contribution in [0.3, 0.4) is 0 Å². The minimum atomic E-state index is 0.742. The fourth-order valence-corrected chi connectivity index (χ4v) is 3.63. The van der Waals surface area contributed by atoms with E-state index in [0.29, 0.717) is 0 Å². The molecule has 0 aliphatic rings. The molecule has 4 nitrogen and oxygen atoms in total. The molecule has 0 aliphatic carbocycles. The first-order valence-corrected chi connectivity index (χ1v) is 11.0. The molecule has 0 radical (unpaired) electrons. The van der Waals surface area contributed by atoms with Crippen molar-refractivity contribution in [3.63, 3.8) is 0 Å². The second-order valence-corrected chi connectivity index (χ2v) is 7.97. The topological polar surface area (TPSA) is 70.5 Å². The molecule has 5 rings (SSSR count). The second-order valence-electron chi connectivity index (χ2n) is 7.97. The molecule has 0 saturated heterocycles. The van der Waals surface area contributed by atoms with E-state index < -0.39 is 0 Å². The van der Waals surface area contributed by atoms with Crippen molar-refractivity contribution in [2.24, 2.45) is 0 Å². The predicted octanol–water partition coefficient (Wildman–Crippen LogP) is 7.77. The zero-order valence-corrected chi connectivity index (χ0v) is 18.5. The zero-order valence-electron chi connectivity index (χ0n) is 18.5. The van der Waals surface area contributed by atoms with Crippen LogP contribution in [0.25, 0.3) is 22.3 Å². The highest BCUT2D eigenvalue weighted by molar-refractivity contribution is 5.67. The molecule has 0 heterocycles. The normalized spacial score (nSPS) is 10.6. The minimum absolute atomic E-state index is 0.742. The Kier molecular flexibility index (Phi) is 5.87. The Hall–Kier alpha value is -4.70. The molecule has 166 valence electrons. The van der Waals surface area contributed by atoms with Crippen LogP contribution in [0.2, 0.25) is 0 Å². The zero-order chi connectivity index (χ0) is 23.3. The number of benzene rings is 5. The highest BCUT2D eigenvalue weighted by Gasteiger charge is 2.03. The number of hydrogen-bond donors (Lipinski definition) is 2. The van der Waals surface area contributed by atoms with Crippen molar-refractivity contribution in [2.45, 2.75) is 0 Å². The lowest BCUT2D eigenvalue weighted by atomic mass is 10.1. The van der Waals surface area contributed by atoms with Crippen molar-refractivity contribution in [1.82, 2.24) is 0 Å². The number of nitrogens with two attached hydrogens (primary N) is 2. The number of nitrogen functional groups attached to an aromatic ring is 2. The van der Waals surface area contributed by atoms with Gasteiger partial charge in [-0.15, -0.1) is 0 Å². The predicted molar refractivity (Wildman–Crippen MR) is 139 cm³/mol. The monoisotopic (exact) mass is 444 g/mol. The lowest BCUT2D eigenvalue weighted by Gasteiger charge is -2.10. The first kappa shape index (κ1) is 21.2. The van der Waals surface area contributed by atoms with Gasteiger partial charge in [0, 0.05) is 11.4 Å². The number of rotatable bonds is 6. The quantitative estimate of drug-likeness (QED) is 0.262. The molecule has 0 saturated carbocycles. The highest BCUT2D eigenvalue weighted by atomic mass is 16.5. The van der Waals surface area contributed by atoms with Gasteiger partial charge in [0.25, 0.3) is 0 Å². The van der Waals surface area contributed by atoms with E-state index >= 15 is 0 Å². The van der Waals surface area contributed by atoms with Gasteiger partial charge in [-0.3, -0.25) is 0 Å². The molecular weight excluding hydrogens is 420 g/mol. The van der Waals surface area contributed by atoms with Crippen LogP contribution in [0.1, 0.15) is 0 Å². The summed E-state index contributed by atoms with van der Waals surface area (Å²) in [7, 11) is 0. The summed E-state index contributed by atoms with van der Waals surface area (Å²) in [5, 5.41) is 0. The van der Waals surface area contributed by atoms with Gasteiger partial charge in [0.15, 0.2) is 0 Å². The smallest absolute Gasteiger partial charge is 0.127 e. The molecular formula is C30H24N2O2. The van der Waals surface area contributed by atoms with Gasteiger partial charge in [0.2, 0.25) is 0 Å². The van der Waals surface area contributed by atoms with Crippen molar-refractivity contribution >= 4 is 11.4 Å². The summed E-state index contributed by atoms with van der Waals surface area (Å²) in [6.07, 6.45) is 0. The molecule has 0 spiro atoms. The van der Waals surface area contributed by atoms with Crippen LogP contribution < -0.4 is 20.9 Å². The third-order valence-electron chi connectivity index (χ3n) is 5.49. The van der Waals surface area contributed by atoms with E-state index in [9.17, 15) is 0 Å². The Morgan fingerprint density at radius 3 is 0.765 bits per heavy atom. The van der Waals surface area contributed by atoms with Crippen molar-refractivity contribution in [3.8, 4) is 45.3 Å². The van der Waals surface area contributed by atoms with Gasteiger partial charge in [-0.05, 0) is 95.1 Å². The second kappa shape index (κ2) is 9.43. The summed E-state index contributed by atoms with van der Waals surface area (Å²) in [6.45, 7) is 0. The van der Waals surface area contributed by atoms with Crippen molar-refractivity contribution in [2.75, 3.05) is 11.5 Å². The van der Waals surface area contributed by atoms with Crippen molar-refractivity contribution in [3.05, 3.63) is 121 Å². The largest absolute Gasteiger partial charge is 0.457 e. The summed E-state index contributed by atoms with van der Waals surface area (Å²) >= 11 is 0. The molecule has 0 bridgehead atoms. The van der Waals surface area contributed by atoms with E-state index in [-0.39, 0.29) is 0 Å². The maximum Gasteiger partial charge on any atom is 0.127 e. The van der Waals surface area contributed by atoms with Crippen LogP contribution in [-0.4, -0.2) is 0 Å². The summed E-state index contributed by atoms with van der Waals surface area (Å²) < 4.78 is 12.0. The highest BCUT2D eigenvalue weighted by Crippen LogP contribution is 2.30. The first-order chi connectivity index (χ1) is 16.6. The van der Waals surface area contributed by atoms with Crippen LogP contribution in [-0.2, 0) is 0 Å². The molecule has 4 heteroatoms. The van der Waals surface area contributed by atoms with Crippen LogP contribution in [0.5, 0.6) is 23.0 Å². The lowest BCUT2D eigenvalue weighted by molar-refractivity contribution is 0.469. The molecule has 34 heavy (non-hydrogen) atoms. The third kappa shape index (κ3) is 5.03.